The standard InChI is InChI=1S/C6H4BF.Na.H/c7-5-1-3-6(8)4-2-5;;/h1-4H;;. The van der Waals surface area contributed by atoms with Crippen LogP contribution in [0.15, 0.2) is 24.3 Å². The normalized spacial score (nSPS) is 8.11. The van der Waals surface area contributed by atoms with Crippen molar-refractivity contribution in [3.8, 4) is 0 Å². The van der Waals surface area contributed by atoms with Crippen LogP contribution in [0.2, 0.25) is 0 Å². The van der Waals surface area contributed by atoms with Gasteiger partial charge in [-0.25, -0.2) is 4.39 Å². The van der Waals surface area contributed by atoms with Crippen molar-refractivity contribution in [2.75, 3.05) is 0 Å². The van der Waals surface area contributed by atoms with Gasteiger partial charge in [0.2, 0.25) is 0 Å². The van der Waals surface area contributed by atoms with Gasteiger partial charge in [-0.15, -0.1) is 0 Å². The molecule has 9 heavy (non-hydrogen) atoms. The zero-order valence-electron chi connectivity index (χ0n) is 4.26. The topological polar surface area (TPSA) is 0 Å². The molecule has 0 aromatic heterocycles. The Kier molecular flexibility index (Phi) is 4.20. The fraction of sp³-hybridized carbons (Fsp3) is 0. The Bertz CT molecular complexity index is 152. The maximum absolute atomic E-state index is 12.0. The molecule has 0 aliphatic heterocycles. The molecule has 1 aromatic rings. The Morgan fingerprint density at radius 3 is 1.89 bits per heavy atom. The second-order valence-corrected chi connectivity index (χ2v) is 1.55. The molecule has 0 N–H and O–H groups in total. The van der Waals surface area contributed by atoms with E-state index >= 15 is 0 Å². The molecule has 0 atom stereocenters. The molecule has 0 aliphatic rings. The van der Waals surface area contributed by atoms with Gasteiger partial charge in [0.1, 0.15) is 13.7 Å². The van der Waals surface area contributed by atoms with Crippen LogP contribution in [0.4, 0.5) is 4.39 Å². The summed E-state index contributed by atoms with van der Waals surface area (Å²) in [5, 5.41) is 0. The van der Waals surface area contributed by atoms with E-state index in [-0.39, 0.29) is 35.4 Å². The van der Waals surface area contributed by atoms with Crippen LogP contribution in [-0.2, 0) is 0 Å². The van der Waals surface area contributed by atoms with E-state index in [0.717, 1.165) is 0 Å². The first-order valence-electron chi connectivity index (χ1n) is 2.30. The van der Waals surface area contributed by atoms with E-state index in [2.05, 4.69) is 0 Å². The van der Waals surface area contributed by atoms with Gasteiger partial charge in [0.05, 0.1) is 0 Å². The monoisotopic (exact) mass is 130 g/mol. The van der Waals surface area contributed by atoms with Crippen molar-refractivity contribution in [2.24, 2.45) is 0 Å². The fourth-order valence-corrected chi connectivity index (χ4v) is 0.463. The second-order valence-electron chi connectivity index (χ2n) is 1.55. The van der Waals surface area contributed by atoms with Gasteiger partial charge in [0, 0.05) is 0 Å². The Balaban J connectivity index is 0.000000640. The zero-order valence-corrected chi connectivity index (χ0v) is 4.26. The van der Waals surface area contributed by atoms with Gasteiger partial charge in [0.25, 0.3) is 0 Å². The Morgan fingerprint density at radius 2 is 1.56 bits per heavy atom. The van der Waals surface area contributed by atoms with Crippen molar-refractivity contribution in [1.29, 1.82) is 0 Å². The van der Waals surface area contributed by atoms with E-state index in [9.17, 15) is 4.39 Å². The predicted octanol–water partition coefficient (Wildman–Crippen LogP) is -0.0290. The third kappa shape index (κ3) is 3.04. The van der Waals surface area contributed by atoms with Crippen molar-refractivity contribution < 1.29 is 4.39 Å². The van der Waals surface area contributed by atoms with Gasteiger partial charge < -0.3 is 0 Å². The van der Waals surface area contributed by atoms with Crippen LogP contribution in [0.1, 0.15) is 0 Å². The van der Waals surface area contributed by atoms with Gasteiger partial charge in [-0.3, -0.25) is 0 Å². The zero-order chi connectivity index (χ0) is 5.98. The van der Waals surface area contributed by atoms with Gasteiger partial charge in [0.15, 0.2) is 0 Å². The molecule has 2 radical (unpaired) electrons. The summed E-state index contributed by atoms with van der Waals surface area (Å²) < 4.78 is 12.0. The molecule has 0 unspecified atom stereocenters. The van der Waals surface area contributed by atoms with Crippen LogP contribution in [-0.4, -0.2) is 37.4 Å². The minimum absolute atomic E-state index is 0. The molecule has 40 valence electrons. The van der Waals surface area contributed by atoms with Crippen molar-refractivity contribution in [3.05, 3.63) is 30.1 Å². The summed E-state index contributed by atoms with van der Waals surface area (Å²) in [5.74, 6) is -0.251. The van der Waals surface area contributed by atoms with Crippen LogP contribution in [0.3, 0.4) is 0 Å². The molecular weight excluding hydrogens is 125 g/mol. The van der Waals surface area contributed by atoms with Gasteiger partial charge in [-0.2, -0.15) is 0 Å². The van der Waals surface area contributed by atoms with Crippen LogP contribution >= 0.6 is 0 Å². The molecule has 3 heteroatoms. The molecule has 0 nitrogen and oxygen atoms in total. The van der Waals surface area contributed by atoms with Crippen LogP contribution in [0.5, 0.6) is 0 Å². The van der Waals surface area contributed by atoms with E-state index in [1.54, 1.807) is 0 Å². The molecule has 0 saturated heterocycles. The third-order valence-corrected chi connectivity index (χ3v) is 0.870. The van der Waals surface area contributed by atoms with Gasteiger partial charge in [-0.05, 0) is 12.1 Å². The molecule has 0 amide bonds. The predicted molar refractivity (Wildman–Crippen MR) is 38.9 cm³/mol. The van der Waals surface area contributed by atoms with Crippen LogP contribution in [0.25, 0.3) is 0 Å². The first-order valence-corrected chi connectivity index (χ1v) is 2.30. The van der Waals surface area contributed by atoms with Crippen LogP contribution < -0.4 is 5.46 Å². The number of rotatable bonds is 0. The molecule has 0 fully saturated rings. The number of benzene rings is 1. The van der Waals surface area contributed by atoms with Gasteiger partial charge >= 0.3 is 29.6 Å². The van der Waals surface area contributed by atoms with E-state index in [1.165, 1.54) is 24.3 Å². The molecule has 1 rings (SSSR count). The third-order valence-electron chi connectivity index (χ3n) is 0.870. The number of hydrogen-bond donors (Lipinski definition) is 0. The Hall–Kier alpha value is 0.215. The maximum atomic E-state index is 12.0. The summed E-state index contributed by atoms with van der Waals surface area (Å²) in [7, 11) is 5.26. The van der Waals surface area contributed by atoms with Gasteiger partial charge in [-0.1, -0.05) is 17.6 Å². The first kappa shape index (κ1) is 9.21. The number of hydrogen-bond acceptors (Lipinski definition) is 0. The van der Waals surface area contributed by atoms with Crippen LogP contribution in [0, 0.1) is 5.82 Å². The molecule has 0 bridgehead atoms. The Labute approximate surface area is 77.2 Å². The van der Waals surface area contributed by atoms with Crippen molar-refractivity contribution >= 4 is 42.9 Å². The number of halogens is 1. The van der Waals surface area contributed by atoms with Crippen molar-refractivity contribution in [3.63, 3.8) is 0 Å². The summed E-state index contributed by atoms with van der Waals surface area (Å²) in [6, 6.07) is 5.70. The summed E-state index contributed by atoms with van der Waals surface area (Å²) in [6.07, 6.45) is 0. The van der Waals surface area contributed by atoms with Crippen molar-refractivity contribution in [2.45, 2.75) is 0 Å². The summed E-state index contributed by atoms with van der Waals surface area (Å²) in [4.78, 5) is 0. The molecule has 0 saturated carbocycles. The summed E-state index contributed by atoms with van der Waals surface area (Å²) in [5.41, 5.74) is 0.589. The average Bonchev–Trinajstić information content (AvgIpc) is 1.77. The first-order chi connectivity index (χ1) is 3.79. The van der Waals surface area contributed by atoms with E-state index < -0.39 is 0 Å². The SMILES string of the molecule is [B]c1ccc(F)cc1.[NaH]. The van der Waals surface area contributed by atoms with Crippen molar-refractivity contribution in [1.82, 2.24) is 0 Å². The minimum atomic E-state index is -0.251. The molecule has 0 heterocycles. The molecule has 0 spiro atoms. The second kappa shape index (κ2) is 4.10. The Morgan fingerprint density at radius 1 is 1.11 bits per heavy atom. The average molecular weight is 130 g/mol. The molecular formula is C6H5BFNa. The molecule has 1 aromatic carbocycles. The molecule has 0 aliphatic carbocycles. The summed E-state index contributed by atoms with van der Waals surface area (Å²) >= 11 is 0. The van der Waals surface area contributed by atoms with E-state index in [1.807, 2.05) is 0 Å². The van der Waals surface area contributed by atoms with E-state index in [0.29, 0.717) is 5.46 Å². The fourth-order valence-electron chi connectivity index (χ4n) is 0.463. The quantitative estimate of drug-likeness (QED) is 0.432. The summed E-state index contributed by atoms with van der Waals surface area (Å²) in [6.45, 7) is 0. The van der Waals surface area contributed by atoms with E-state index in [4.69, 9.17) is 7.85 Å².